The molecule has 19 heavy (non-hydrogen) atoms. The molecule has 3 aromatic rings. The maximum absolute atomic E-state index is 11.6. The van der Waals surface area contributed by atoms with E-state index >= 15 is 0 Å². The Morgan fingerprint density at radius 3 is 3.05 bits per heavy atom. The van der Waals surface area contributed by atoms with E-state index < -0.39 is 5.97 Å². The van der Waals surface area contributed by atoms with Crippen LogP contribution in [0.1, 0.15) is 15.4 Å². The van der Waals surface area contributed by atoms with Crippen molar-refractivity contribution in [2.45, 2.75) is 6.92 Å². The molecule has 0 unspecified atom stereocenters. The third-order valence-electron chi connectivity index (χ3n) is 2.72. The van der Waals surface area contributed by atoms with Crippen molar-refractivity contribution >= 4 is 38.9 Å². The molecule has 0 atom stereocenters. The molecule has 0 saturated heterocycles. The Morgan fingerprint density at radius 2 is 2.26 bits per heavy atom. The van der Waals surface area contributed by atoms with Crippen molar-refractivity contribution in [3.8, 4) is 10.6 Å². The summed E-state index contributed by atoms with van der Waals surface area (Å²) in [6.45, 7) is 1.87. The number of thiazole rings is 1. The zero-order chi connectivity index (χ0) is 13.4. The Morgan fingerprint density at radius 1 is 1.42 bits per heavy atom. The normalized spacial score (nSPS) is 10.8. The Balaban J connectivity index is 2.08. The second kappa shape index (κ2) is 4.71. The lowest BCUT2D eigenvalue weighted by Crippen LogP contribution is -2.03. The summed E-state index contributed by atoms with van der Waals surface area (Å²) >= 11 is 3.12. The topological polar surface area (TPSA) is 52.1 Å². The van der Waals surface area contributed by atoms with Crippen LogP contribution in [0.3, 0.4) is 0 Å². The highest BCUT2D eigenvalue weighted by atomic mass is 32.1. The van der Waals surface area contributed by atoms with E-state index in [2.05, 4.69) is 9.97 Å². The molecule has 0 radical (unpaired) electrons. The van der Waals surface area contributed by atoms with Gasteiger partial charge in [0.05, 0.1) is 17.3 Å². The van der Waals surface area contributed by atoms with Crippen LogP contribution >= 0.6 is 22.7 Å². The van der Waals surface area contributed by atoms with Gasteiger partial charge in [-0.3, -0.25) is 4.98 Å². The van der Waals surface area contributed by atoms with Crippen LogP contribution < -0.4 is 0 Å². The van der Waals surface area contributed by atoms with Gasteiger partial charge in [-0.05, 0) is 24.4 Å². The van der Waals surface area contributed by atoms with Crippen molar-refractivity contribution in [1.82, 2.24) is 9.97 Å². The zero-order valence-corrected chi connectivity index (χ0v) is 12.0. The molecule has 0 spiro atoms. The van der Waals surface area contributed by atoms with E-state index in [4.69, 9.17) is 4.74 Å². The van der Waals surface area contributed by atoms with Gasteiger partial charge >= 0.3 is 5.97 Å². The van der Waals surface area contributed by atoms with E-state index in [1.54, 1.807) is 17.5 Å². The standard InChI is InChI=1S/C13H10N2O2S2/c1-7-11(13(16)17-2)15-12(19-7)8-5-10-9(14-6-8)3-4-18-10/h3-6H,1-2H3. The number of nitrogens with zero attached hydrogens (tertiary/aromatic N) is 2. The number of hydrogen-bond acceptors (Lipinski definition) is 6. The smallest absolute Gasteiger partial charge is 0.357 e. The SMILES string of the molecule is COC(=O)c1nc(-c2cnc3ccsc3c2)sc1C. The summed E-state index contributed by atoms with van der Waals surface area (Å²) in [5.41, 5.74) is 2.29. The van der Waals surface area contributed by atoms with Crippen molar-refractivity contribution in [2.24, 2.45) is 0 Å². The third-order valence-corrected chi connectivity index (χ3v) is 4.60. The largest absolute Gasteiger partial charge is 0.464 e. The number of aryl methyl sites for hydroxylation is 1. The van der Waals surface area contributed by atoms with Crippen LogP contribution in [-0.4, -0.2) is 23.0 Å². The molecule has 0 aliphatic rings. The maximum Gasteiger partial charge on any atom is 0.357 e. The Hall–Kier alpha value is -1.79. The zero-order valence-electron chi connectivity index (χ0n) is 10.3. The Kier molecular flexibility index (Phi) is 3.04. The molecule has 0 saturated carbocycles. The summed E-state index contributed by atoms with van der Waals surface area (Å²) in [5, 5.41) is 2.80. The molecule has 3 heterocycles. The number of ether oxygens (including phenoxy) is 1. The first kappa shape index (κ1) is 12.3. The number of methoxy groups -OCH3 is 1. The van der Waals surface area contributed by atoms with Gasteiger partial charge in [0.25, 0.3) is 0 Å². The van der Waals surface area contributed by atoms with E-state index in [0.29, 0.717) is 5.69 Å². The predicted molar refractivity (Wildman–Crippen MR) is 76.8 cm³/mol. The van der Waals surface area contributed by atoms with Gasteiger partial charge in [-0.1, -0.05) is 0 Å². The van der Waals surface area contributed by atoms with Crippen molar-refractivity contribution in [3.05, 3.63) is 34.3 Å². The molecule has 3 aromatic heterocycles. The van der Waals surface area contributed by atoms with Crippen molar-refractivity contribution in [3.63, 3.8) is 0 Å². The second-order valence-electron chi connectivity index (χ2n) is 3.94. The van der Waals surface area contributed by atoms with Crippen LogP contribution in [0, 0.1) is 6.92 Å². The van der Waals surface area contributed by atoms with Crippen LogP contribution in [0.2, 0.25) is 0 Å². The minimum absolute atomic E-state index is 0.383. The number of pyridine rings is 1. The van der Waals surface area contributed by atoms with Gasteiger partial charge in [-0.2, -0.15) is 0 Å². The molecule has 0 aromatic carbocycles. The summed E-state index contributed by atoms with van der Waals surface area (Å²) in [6, 6.07) is 4.03. The number of fused-ring (bicyclic) bond motifs is 1. The lowest BCUT2D eigenvalue weighted by Gasteiger charge is -1.96. The molecule has 0 fully saturated rings. The van der Waals surface area contributed by atoms with Crippen LogP contribution in [0.15, 0.2) is 23.7 Å². The first-order valence-corrected chi connectivity index (χ1v) is 7.28. The minimum Gasteiger partial charge on any atom is -0.464 e. The van der Waals surface area contributed by atoms with Gasteiger partial charge in [-0.15, -0.1) is 22.7 Å². The number of carbonyl (C=O) groups excluding carboxylic acids is 1. The molecule has 0 bridgehead atoms. The summed E-state index contributed by atoms with van der Waals surface area (Å²) in [6.07, 6.45) is 1.79. The number of esters is 1. The Labute approximate surface area is 117 Å². The average molecular weight is 290 g/mol. The van der Waals surface area contributed by atoms with E-state index in [9.17, 15) is 4.79 Å². The summed E-state index contributed by atoms with van der Waals surface area (Å²) in [5.74, 6) is -0.398. The predicted octanol–water partition coefficient (Wildman–Crippen LogP) is 3.51. The van der Waals surface area contributed by atoms with E-state index in [1.165, 1.54) is 18.4 Å². The average Bonchev–Trinajstić information content (AvgIpc) is 3.03. The van der Waals surface area contributed by atoms with Gasteiger partial charge in [0, 0.05) is 16.6 Å². The van der Waals surface area contributed by atoms with Gasteiger partial charge in [-0.25, -0.2) is 9.78 Å². The van der Waals surface area contributed by atoms with Gasteiger partial charge in [0.1, 0.15) is 5.01 Å². The highest BCUT2D eigenvalue weighted by Gasteiger charge is 2.17. The monoisotopic (exact) mass is 290 g/mol. The molecular formula is C13H10N2O2S2. The van der Waals surface area contributed by atoms with E-state index in [-0.39, 0.29) is 0 Å². The molecule has 4 nitrogen and oxygen atoms in total. The van der Waals surface area contributed by atoms with Crippen LogP contribution in [-0.2, 0) is 4.74 Å². The first-order chi connectivity index (χ1) is 9.19. The van der Waals surface area contributed by atoms with Crippen molar-refractivity contribution in [2.75, 3.05) is 7.11 Å². The number of hydrogen-bond donors (Lipinski definition) is 0. The molecule has 0 amide bonds. The number of carbonyl (C=O) groups is 1. The molecule has 96 valence electrons. The van der Waals surface area contributed by atoms with Gasteiger partial charge in [0.2, 0.25) is 0 Å². The molecular weight excluding hydrogens is 280 g/mol. The fraction of sp³-hybridized carbons (Fsp3) is 0.154. The summed E-state index contributed by atoms with van der Waals surface area (Å²) < 4.78 is 5.83. The number of rotatable bonds is 2. The van der Waals surface area contributed by atoms with E-state index in [0.717, 1.165) is 25.7 Å². The summed E-state index contributed by atoms with van der Waals surface area (Å²) in [7, 11) is 1.36. The lowest BCUT2D eigenvalue weighted by atomic mass is 10.3. The fourth-order valence-electron chi connectivity index (χ4n) is 1.77. The minimum atomic E-state index is -0.398. The summed E-state index contributed by atoms with van der Waals surface area (Å²) in [4.78, 5) is 21.1. The van der Waals surface area contributed by atoms with Crippen LogP contribution in [0.4, 0.5) is 0 Å². The van der Waals surface area contributed by atoms with Crippen LogP contribution in [0.25, 0.3) is 20.8 Å². The van der Waals surface area contributed by atoms with Gasteiger partial charge < -0.3 is 4.74 Å². The molecule has 6 heteroatoms. The maximum atomic E-state index is 11.6. The molecule has 0 aliphatic carbocycles. The number of thiophene rings is 1. The van der Waals surface area contributed by atoms with Crippen molar-refractivity contribution < 1.29 is 9.53 Å². The second-order valence-corrected chi connectivity index (χ2v) is 6.09. The molecule has 3 rings (SSSR count). The molecule has 0 N–H and O–H groups in total. The van der Waals surface area contributed by atoms with Crippen LogP contribution in [0.5, 0.6) is 0 Å². The Bertz CT molecular complexity index is 761. The third kappa shape index (κ3) is 2.13. The van der Waals surface area contributed by atoms with Crippen molar-refractivity contribution in [1.29, 1.82) is 0 Å². The van der Waals surface area contributed by atoms with Gasteiger partial charge in [0.15, 0.2) is 5.69 Å². The molecule has 0 aliphatic heterocycles. The van der Waals surface area contributed by atoms with E-state index in [1.807, 2.05) is 24.4 Å². The highest BCUT2D eigenvalue weighted by molar-refractivity contribution is 7.17. The first-order valence-electron chi connectivity index (χ1n) is 5.58. The quantitative estimate of drug-likeness (QED) is 0.678. The number of aromatic nitrogens is 2. The fourth-order valence-corrected chi connectivity index (χ4v) is 3.43. The highest BCUT2D eigenvalue weighted by Crippen LogP contribution is 2.30. The lowest BCUT2D eigenvalue weighted by molar-refractivity contribution is 0.0594.